The van der Waals surface area contributed by atoms with Crippen molar-refractivity contribution >= 4 is 5.95 Å². The van der Waals surface area contributed by atoms with Gasteiger partial charge in [-0.3, -0.25) is 9.78 Å². The summed E-state index contributed by atoms with van der Waals surface area (Å²) in [5.41, 5.74) is 7.65. The Labute approximate surface area is 106 Å². The minimum Gasteiger partial charge on any atom is -0.367 e. The lowest BCUT2D eigenvalue weighted by Gasteiger charge is -2.13. The predicted octanol–water partition coefficient (Wildman–Crippen LogP) is 0.379. The minimum atomic E-state index is 0.276. The number of H-pyrrole nitrogens is 1. The third kappa shape index (κ3) is 3.07. The molecular formula is C11H19N7. The molecule has 0 saturated heterocycles. The third-order valence-electron chi connectivity index (χ3n) is 2.72. The van der Waals surface area contributed by atoms with E-state index in [9.17, 15) is 0 Å². The molecule has 98 valence electrons. The van der Waals surface area contributed by atoms with Crippen molar-refractivity contribution < 1.29 is 0 Å². The number of anilines is 1. The van der Waals surface area contributed by atoms with Crippen molar-refractivity contribution in [3.05, 3.63) is 23.3 Å². The van der Waals surface area contributed by atoms with E-state index >= 15 is 0 Å². The van der Waals surface area contributed by atoms with E-state index in [2.05, 4.69) is 45.5 Å². The zero-order valence-corrected chi connectivity index (χ0v) is 10.9. The number of nitrogens with one attached hydrogen (secondary N) is 2. The highest BCUT2D eigenvalue weighted by molar-refractivity contribution is 5.12. The van der Waals surface area contributed by atoms with E-state index < -0.39 is 0 Å². The Morgan fingerprint density at radius 3 is 2.83 bits per heavy atom. The topological polar surface area (TPSA) is 97.4 Å². The number of nitrogens with two attached hydrogens (primary N) is 1. The van der Waals surface area contributed by atoms with Crippen LogP contribution in [0.15, 0.2) is 6.07 Å². The van der Waals surface area contributed by atoms with Crippen LogP contribution in [0.25, 0.3) is 0 Å². The van der Waals surface area contributed by atoms with Crippen LogP contribution in [0.3, 0.4) is 0 Å². The molecule has 7 nitrogen and oxygen atoms in total. The van der Waals surface area contributed by atoms with Gasteiger partial charge >= 0.3 is 0 Å². The number of hydrogen-bond donors (Lipinski definition) is 3. The molecule has 2 heterocycles. The largest absolute Gasteiger partial charge is 0.367 e. The first-order valence-corrected chi connectivity index (χ1v) is 5.96. The number of aryl methyl sites for hydroxylation is 2. The molecule has 0 aliphatic carbocycles. The van der Waals surface area contributed by atoms with E-state index in [0.29, 0.717) is 6.54 Å². The van der Waals surface area contributed by atoms with Crippen LogP contribution in [0.4, 0.5) is 5.95 Å². The molecule has 0 unspecified atom stereocenters. The molecule has 0 spiro atoms. The van der Waals surface area contributed by atoms with Crippen molar-refractivity contribution in [1.82, 2.24) is 30.3 Å². The summed E-state index contributed by atoms with van der Waals surface area (Å²) in [4.78, 5) is 4.04. The summed E-state index contributed by atoms with van der Waals surface area (Å²) in [5, 5.41) is 14.3. The zero-order valence-electron chi connectivity index (χ0n) is 10.9. The molecule has 0 aliphatic heterocycles. The van der Waals surface area contributed by atoms with E-state index in [1.54, 1.807) is 0 Å². The number of rotatable bonds is 5. The average Bonchev–Trinajstić information content (AvgIpc) is 2.83. The highest BCUT2D eigenvalue weighted by Crippen LogP contribution is 2.03. The van der Waals surface area contributed by atoms with E-state index in [0.717, 1.165) is 18.1 Å². The van der Waals surface area contributed by atoms with Crippen molar-refractivity contribution in [3.63, 3.8) is 0 Å². The van der Waals surface area contributed by atoms with Crippen LogP contribution < -0.4 is 11.1 Å². The Balaban J connectivity index is 1.85. The van der Waals surface area contributed by atoms with Crippen LogP contribution in [0.1, 0.15) is 24.1 Å². The second-order valence-corrected chi connectivity index (χ2v) is 4.53. The van der Waals surface area contributed by atoms with Gasteiger partial charge in [-0.15, -0.1) is 5.10 Å². The maximum absolute atomic E-state index is 5.44. The molecule has 4 N–H and O–H groups in total. The lowest BCUT2D eigenvalue weighted by Crippen LogP contribution is -2.31. The van der Waals surface area contributed by atoms with Gasteiger partial charge in [-0.25, -0.2) is 0 Å². The van der Waals surface area contributed by atoms with Crippen molar-refractivity contribution in [2.45, 2.75) is 39.9 Å². The van der Waals surface area contributed by atoms with E-state index in [1.807, 2.05) is 11.6 Å². The quantitative estimate of drug-likeness (QED) is 0.711. The fraction of sp³-hybridized carbons (Fsp3) is 0.545. The third-order valence-corrected chi connectivity index (χ3v) is 2.72. The first-order valence-electron chi connectivity index (χ1n) is 5.96. The lowest BCUT2D eigenvalue weighted by atomic mass is 10.3. The normalized spacial score (nSPS) is 12.8. The fourth-order valence-corrected chi connectivity index (χ4v) is 1.84. The Kier molecular flexibility index (Phi) is 3.61. The maximum atomic E-state index is 5.44. The van der Waals surface area contributed by atoms with Crippen LogP contribution in [-0.2, 0) is 13.1 Å². The second kappa shape index (κ2) is 5.18. The highest BCUT2D eigenvalue weighted by atomic mass is 15.3. The molecule has 0 amide bonds. The predicted molar refractivity (Wildman–Crippen MR) is 68.8 cm³/mol. The molecule has 2 aromatic rings. The number of hydrogen-bond acceptors (Lipinski definition) is 5. The summed E-state index contributed by atoms with van der Waals surface area (Å²) >= 11 is 0. The van der Waals surface area contributed by atoms with Crippen molar-refractivity contribution in [3.8, 4) is 0 Å². The SMILES string of the molecule is Cc1cc(C)n(C[C@@H](C)NCc2nc(N)n[nH]2)n1. The molecule has 18 heavy (non-hydrogen) atoms. The van der Waals surface area contributed by atoms with Crippen LogP contribution in [0, 0.1) is 13.8 Å². The summed E-state index contributed by atoms with van der Waals surface area (Å²) in [6.07, 6.45) is 0. The van der Waals surface area contributed by atoms with Gasteiger partial charge < -0.3 is 11.1 Å². The fourth-order valence-electron chi connectivity index (χ4n) is 1.84. The molecule has 2 aromatic heterocycles. The van der Waals surface area contributed by atoms with Crippen LogP contribution >= 0.6 is 0 Å². The summed E-state index contributed by atoms with van der Waals surface area (Å²) in [7, 11) is 0. The van der Waals surface area contributed by atoms with Gasteiger partial charge in [0, 0.05) is 11.7 Å². The number of nitrogens with zero attached hydrogens (tertiary/aromatic N) is 4. The van der Waals surface area contributed by atoms with Crippen molar-refractivity contribution in [1.29, 1.82) is 0 Å². The Morgan fingerprint density at radius 2 is 2.28 bits per heavy atom. The monoisotopic (exact) mass is 249 g/mol. The summed E-state index contributed by atoms with van der Waals surface area (Å²) < 4.78 is 2.00. The number of aromatic nitrogens is 5. The Morgan fingerprint density at radius 1 is 1.50 bits per heavy atom. The van der Waals surface area contributed by atoms with Gasteiger partial charge in [0.25, 0.3) is 0 Å². The zero-order chi connectivity index (χ0) is 13.1. The van der Waals surface area contributed by atoms with Gasteiger partial charge in [0.05, 0.1) is 18.8 Å². The first-order chi connectivity index (χ1) is 8.54. The van der Waals surface area contributed by atoms with Crippen LogP contribution in [0.2, 0.25) is 0 Å². The van der Waals surface area contributed by atoms with Crippen molar-refractivity contribution in [2.24, 2.45) is 0 Å². The molecule has 0 bridgehead atoms. The average molecular weight is 249 g/mol. The second-order valence-electron chi connectivity index (χ2n) is 4.53. The molecule has 0 radical (unpaired) electrons. The van der Waals surface area contributed by atoms with Gasteiger partial charge in [-0.2, -0.15) is 10.1 Å². The van der Waals surface area contributed by atoms with Crippen molar-refractivity contribution in [2.75, 3.05) is 5.73 Å². The Hall–Kier alpha value is -1.89. The smallest absolute Gasteiger partial charge is 0.239 e. The molecule has 1 atom stereocenters. The van der Waals surface area contributed by atoms with E-state index in [1.165, 1.54) is 5.69 Å². The van der Waals surface area contributed by atoms with E-state index in [-0.39, 0.29) is 12.0 Å². The first kappa shape index (κ1) is 12.6. The minimum absolute atomic E-state index is 0.276. The van der Waals surface area contributed by atoms with Crippen LogP contribution in [0.5, 0.6) is 0 Å². The van der Waals surface area contributed by atoms with Gasteiger partial charge in [0.15, 0.2) is 0 Å². The number of nitrogen functional groups attached to an aromatic ring is 1. The molecular weight excluding hydrogens is 230 g/mol. The summed E-state index contributed by atoms with van der Waals surface area (Å²) in [6, 6.07) is 2.36. The van der Waals surface area contributed by atoms with E-state index in [4.69, 9.17) is 5.73 Å². The molecule has 0 aliphatic rings. The summed E-state index contributed by atoms with van der Waals surface area (Å²) in [6.45, 7) is 7.60. The highest BCUT2D eigenvalue weighted by Gasteiger charge is 2.07. The van der Waals surface area contributed by atoms with Crippen LogP contribution in [-0.4, -0.2) is 31.0 Å². The molecule has 0 aromatic carbocycles. The molecule has 7 heteroatoms. The van der Waals surface area contributed by atoms with Gasteiger partial charge in [-0.1, -0.05) is 0 Å². The maximum Gasteiger partial charge on any atom is 0.239 e. The van der Waals surface area contributed by atoms with Gasteiger partial charge in [-0.05, 0) is 26.8 Å². The standard InChI is InChI=1S/C11H19N7/c1-7-4-9(3)18(17-7)6-8(2)13-5-10-14-11(12)16-15-10/h4,8,13H,5-6H2,1-3H3,(H3,12,14,15,16)/t8-/m1/s1. The lowest BCUT2D eigenvalue weighted by molar-refractivity contribution is 0.439. The molecule has 0 saturated carbocycles. The number of aromatic amines is 1. The summed E-state index contributed by atoms with van der Waals surface area (Å²) in [5.74, 6) is 1.02. The molecule has 0 fully saturated rings. The Bertz CT molecular complexity index is 513. The van der Waals surface area contributed by atoms with Gasteiger partial charge in [0.2, 0.25) is 5.95 Å². The van der Waals surface area contributed by atoms with Gasteiger partial charge in [0.1, 0.15) is 5.82 Å². The molecule has 2 rings (SSSR count).